The van der Waals surface area contributed by atoms with E-state index in [1.54, 1.807) is 6.07 Å². The van der Waals surface area contributed by atoms with Crippen LogP contribution >= 0.6 is 15.9 Å². The van der Waals surface area contributed by atoms with Crippen molar-refractivity contribution < 1.29 is 0 Å². The van der Waals surface area contributed by atoms with E-state index in [4.69, 9.17) is 0 Å². The summed E-state index contributed by atoms with van der Waals surface area (Å²) in [7, 11) is 0. The average molecular weight is 308 g/mol. The standard InChI is InChI=1S/C15H18BrNO/c1-8-6-10-13(9(2)14(8)16)11(18)7-12(17-10)15(3,4)5/h6-7H,1-5H3,(H,17,18). The molecule has 2 rings (SSSR count). The Hall–Kier alpha value is -1.09. The van der Waals surface area contributed by atoms with Gasteiger partial charge in [0, 0.05) is 27.0 Å². The Labute approximate surface area is 116 Å². The Bertz CT molecular complexity index is 677. The van der Waals surface area contributed by atoms with Crippen molar-refractivity contribution >= 4 is 26.8 Å². The van der Waals surface area contributed by atoms with Crippen LogP contribution in [0.15, 0.2) is 21.4 Å². The minimum Gasteiger partial charge on any atom is -0.358 e. The Morgan fingerprint density at radius 3 is 2.33 bits per heavy atom. The normalized spacial score (nSPS) is 12.1. The second-order valence-corrected chi connectivity index (χ2v) is 6.65. The highest BCUT2D eigenvalue weighted by Crippen LogP contribution is 2.28. The molecule has 1 N–H and O–H groups in total. The second kappa shape index (κ2) is 4.23. The van der Waals surface area contributed by atoms with Crippen LogP contribution in [-0.4, -0.2) is 4.98 Å². The van der Waals surface area contributed by atoms with Crippen LogP contribution in [0.2, 0.25) is 0 Å². The number of aromatic amines is 1. The van der Waals surface area contributed by atoms with Gasteiger partial charge in [-0.1, -0.05) is 36.7 Å². The van der Waals surface area contributed by atoms with E-state index in [2.05, 4.69) is 41.7 Å². The van der Waals surface area contributed by atoms with Gasteiger partial charge < -0.3 is 4.98 Å². The SMILES string of the molecule is Cc1cc2[nH]c(C(C)(C)C)cc(=O)c2c(C)c1Br. The lowest BCUT2D eigenvalue weighted by atomic mass is 9.90. The zero-order chi connectivity index (χ0) is 13.7. The minimum atomic E-state index is -0.0533. The number of fused-ring (bicyclic) bond motifs is 1. The number of rotatable bonds is 0. The Morgan fingerprint density at radius 1 is 1.17 bits per heavy atom. The maximum Gasteiger partial charge on any atom is 0.189 e. The molecule has 3 heteroatoms. The smallest absolute Gasteiger partial charge is 0.189 e. The van der Waals surface area contributed by atoms with Gasteiger partial charge in [-0.25, -0.2) is 0 Å². The van der Waals surface area contributed by atoms with Crippen LogP contribution in [0.3, 0.4) is 0 Å². The molecule has 1 aromatic carbocycles. The van der Waals surface area contributed by atoms with E-state index >= 15 is 0 Å². The molecule has 1 heterocycles. The summed E-state index contributed by atoms with van der Waals surface area (Å²) in [6, 6.07) is 3.75. The zero-order valence-electron chi connectivity index (χ0n) is 11.4. The van der Waals surface area contributed by atoms with Crippen LogP contribution in [-0.2, 0) is 5.41 Å². The van der Waals surface area contributed by atoms with Crippen molar-refractivity contribution in [1.29, 1.82) is 0 Å². The van der Waals surface area contributed by atoms with Crippen LogP contribution in [0, 0.1) is 13.8 Å². The van der Waals surface area contributed by atoms with Crippen LogP contribution in [0.4, 0.5) is 0 Å². The molecule has 0 spiro atoms. The number of hydrogen-bond acceptors (Lipinski definition) is 1. The first kappa shape index (κ1) is 13.3. The Kier molecular flexibility index (Phi) is 3.14. The van der Waals surface area contributed by atoms with Gasteiger partial charge in [-0.2, -0.15) is 0 Å². The fourth-order valence-corrected chi connectivity index (χ4v) is 2.48. The maximum absolute atomic E-state index is 12.3. The molecule has 0 saturated carbocycles. The summed E-state index contributed by atoms with van der Waals surface area (Å²) >= 11 is 3.54. The highest BCUT2D eigenvalue weighted by molar-refractivity contribution is 9.10. The molecule has 0 radical (unpaired) electrons. The number of pyridine rings is 1. The zero-order valence-corrected chi connectivity index (χ0v) is 13.0. The summed E-state index contributed by atoms with van der Waals surface area (Å²) in [4.78, 5) is 15.7. The number of benzene rings is 1. The monoisotopic (exact) mass is 307 g/mol. The van der Waals surface area contributed by atoms with E-state index in [1.165, 1.54) is 0 Å². The van der Waals surface area contributed by atoms with Crippen molar-refractivity contribution in [3.63, 3.8) is 0 Å². The van der Waals surface area contributed by atoms with Crippen LogP contribution in [0.1, 0.15) is 37.6 Å². The number of hydrogen-bond donors (Lipinski definition) is 1. The highest BCUT2D eigenvalue weighted by Gasteiger charge is 2.17. The molecule has 0 aliphatic rings. The number of halogens is 1. The maximum atomic E-state index is 12.3. The summed E-state index contributed by atoms with van der Waals surface area (Å²) in [5, 5.41) is 0.778. The molecule has 0 bridgehead atoms. The third-order valence-corrected chi connectivity index (χ3v) is 4.50. The molecule has 0 aliphatic carbocycles. The van der Waals surface area contributed by atoms with E-state index in [0.717, 1.165) is 32.2 Å². The third-order valence-electron chi connectivity index (χ3n) is 3.28. The molecule has 0 unspecified atom stereocenters. The first-order valence-corrected chi connectivity index (χ1v) is 6.84. The fourth-order valence-electron chi connectivity index (χ4n) is 2.16. The van der Waals surface area contributed by atoms with Crippen molar-refractivity contribution in [3.05, 3.63) is 43.6 Å². The molecule has 0 aliphatic heterocycles. The van der Waals surface area contributed by atoms with E-state index in [1.807, 2.05) is 19.9 Å². The number of aryl methyl sites for hydroxylation is 2. The van der Waals surface area contributed by atoms with Gasteiger partial charge in [-0.3, -0.25) is 4.79 Å². The minimum absolute atomic E-state index is 0.0533. The van der Waals surface area contributed by atoms with Crippen molar-refractivity contribution in [3.8, 4) is 0 Å². The lowest BCUT2D eigenvalue weighted by Crippen LogP contribution is -2.18. The van der Waals surface area contributed by atoms with Gasteiger partial charge in [0.2, 0.25) is 0 Å². The van der Waals surface area contributed by atoms with Gasteiger partial charge >= 0.3 is 0 Å². The summed E-state index contributed by atoms with van der Waals surface area (Å²) in [5.74, 6) is 0. The Morgan fingerprint density at radius 2 is 1.78 bits per heavy atom. The molecule has 0 amide bonds. The highest BCUT2D eigenvalue weighted by atomic mass is 79.9. The van der Waals surface area contributed by atoms with Gasteiger partial charge in [-0.15, -0.1) is 0 Å². The molecule has 96 valence electrons. The summed E-state index contributed by atoms with van der Waals surface area (Å²) in [6.07, 6.45) is 0. The van der Waals surface area contributed by atoms with Crippen molar-refractivity contribution in [2.24, 2.45) is 0 Å². The number of H-pyrrole nitrogens is 1. The molecule has 1 aromatic heterocycles. The van der Waals surface area contributed by atoms with E-state index in [-0.39, 0.29) is 10.8 Å². The fraction of sp³-hybridized carbons (Fsp3) is 0.400. The van der Waals surface area contributed by atoms with Crippen molar-refractivity contribution in [1.82, 2.24) is 4.98 Å². The Balaban J connectivity index is 2.92. The largest absolute Gasteiger partial charge is 0.358 e. The van der Waals surface area contributed by atoms with Gasteiger partial charge in [0.25, 0.3) is 0 Å². The van der Waals surface area contributed by atoms with E-state index in [9.17, 15) is 4.79 Å². The lowest BCUT2D eigenvalue weighted by molar-refractivity contribution is 0.571. The van der Waals surface area contributed by atoms with Crippen molar-refractivity contribution in [2.45, 2.75) is 40.0 Å². The van der Waals surface area contributed by atoms with Gasteiger partial charge in [0.05, 0.1) is 5.52 Å². The third kappa shape index (κ3) is 2.12. The van der Waals surface area contributed by atoms with Crippen LogP contribution in [0.5, 0.6) is 0 Å². The molecule has 18 heavy (non-hydrogen) atoms. The first-order chi connectivity index (χ1) is 8.21. The molecule has 0 saturated heterocycles. The quantitative estimate of drug-likeness (QED) is 0.777. The van der Waals surface area contributed by atoms with E-state index < -0.39 is 0 Å². The van der Waals surface area contributed by atoms with E-state index in [0.29, 0.717) is 0 Å². The van der Waals surface area contributed by atoms with Gasteiger partial charge in [0.15, 0.2) is 5.43 Å². The van der Waals surface area contributed by atoms with Crippen molar-refractivity contribution in [2.75, 3.05) is 0 Å². The molecule has 0 fully saturated rings. The van der Waals surface area contributed by atoms with Crippen LogP contribution in [0.25, 0.3) is 10.9 Å². The van der Waals surface area contributed by atoms with Gasteiger partial charge in [-0.05, 0) is 31.0 Å². The lowest BCUT2D eigenvalue weighted by Gasteiger charge is -2.20. The predicted octanol–water partition coefficient (Wildman–Crippen LogP) is 4.20. The summed E-state index contributed by atoms with van der Waals surface area (Å²) in [6.45, 7) is 10.3. The molecular weight excluding hydrogens is 290 g/mol. The average Bonchev–Trinajstić information content (AvgIpc) is 2.23. The molecular formula is C15H18BrNO. The molecule has 0 atom stereocenters. The van der Waals surface area contributed by atoms with Gasteiger partial charge in [0.1, 0.15) is 0 Å². The number of aromatic nitrogens is 1. The second-order valence-electron chi connectivity index (χ2n) is 5.85. The van der Waals surface area contributed by atoms with Crippen LogP contribution < -0.4 is 5.43 Å². The first-order valence-electron chi connectivity index (χ1n) is 6.05. The summed E-state index contributed by atoms with van der Waals surface area (Å²) in [5.41, 5.74) is 4.08. The molecule has 2 aromatic rings. The summed E-state index contributed by atoms with van der Waals surface area (Å²) < 4.78 is 1.02. The molecule has 2 nitrogen and oxygen atoms in total. The topological polar surface area (TPSA) is 32.9 Å². The predicted molar refractivity (Wildman–Crippen MR) is 80.4 cm³/mol. The number of nitrogens with one attached hydrogen (secondary N) is 1.